The van der Waals surface area contributed by atoms with E-state index in [4.69, 9.17) is 0 Å². The zero-order chi connectivity index (χ0) is 39.3. The molecule has 0 aliphatic rings. The molecule has 0 aromatic carbocycles. The maximum absolute atomic E-state index is 12.4. The van der Waals surface area contributed by atoms with Crippen molar-refractivity contribution < 1.29 is 15.0 Å². The van der Waals surface area contributed by atoms with E-state index in [-0.39, 0.29) is 12.5 Å². The zero-order valence-corrected chi connectivity index (χ0v) is 36.0. The number of aliphatic hydroxyl groups is 2. The molecule has 0 spiro atoms. The highest BCUT2D eigenvalue weighted by molar-refractivity contribution is 5.76. The fraction of sp³-hybridized carbons (Fsp3) is 0.780. The topological polar surface area (TPSA) is 69.6 Å². The summed E-state index contributed by atoms with van der Waals surface area (Å²) in [5.74, 6) is -0.0652. The first-order chi connectivity index (χ1) is 26.7. The number of unbranched alkanes of at least 4 members (excludes halogenated alkanes) is 27. The van der Waals surface area contributed by atoms with Crippen molar-refractivity contribution in [3.63, 3.8) is 0 Å². The summed E-state index contributed by atoms with van der Waals surface area (Å²) >= 11 is 0. The first-order valence-corrected chi connectivity index (χ1v) is 23.5. The van der Waals surface area contributed by atoms with Crippen molar-refractivity contribution in [3.05, 3.63) is 60.8 Å². The van der Waals surface area contributed by atoms with E-state index >= 15 is 0 Å². The first-order valence-electron chi connectivity index (χ1n) is 23.5. The van der Waals surface area contributed by atoms with Gasteiger partial charge in [-0.1, -0.05) is 229 Å². The van der Waals surface area contributed by atoms with Crippen molar-refractivity contribution in [1.82, 2.24) is 5.32 Å². The predicted octanol–water partition coefficient (Wildman–Crippen LogP) is 14.9. The van der Waals surface area contributed by atoms with Crippen molar-refractivity contribution in [3.8, 4) is 0 Å². The molecule has 0 heterocycles. The molecule has 0 saturated heterocycles. The van der Waals surface area contributed by atoms with Gasteiger partial charge in [-0.05, 0) is 57.8 Å². The van der Waals surface area contributed by atoms with E-state index in [0.717, 1.165) is 51.4 Å². The van der Waals surface area contributed by atoms with Crippen LogP contribution in [0.5, 0.6) is 0 Å². The molecule has 0 fully saturated rings. The number of aliphatic hydroxyl groups excluding tert-OH is 2. The summed E-state index contributed by atoms with van der Waals surface area (Å²) in [4.78, 5) is 12.4. The van der Waals surface area contributed by atoms with E-state index in [2.05, 4.69) is 67.8 Å². The lowest BCUT2D eigenvalue weighted by atomic mass is 10.0. The third kappa shape index (κ3) is 41.3. The Morgan fingerprint density at radius 3 is 1.22 bits per heavy atom. The molecular weight excluding hydrogens is 663 g/mol. The molecule has 0 radical (unpaired) electrons. The highest BCUT2D eigenvalue weighted by Gasteiger charge is 2.17. The van der Waals surface area contributed by atoms with E-state index in [0.29, 0.717) is 6.42 Å². The van der Waals surface area contributed by atoms with Crippen LogP contribution in [-0.2, 0) is 4.79 Å². The number of allylic oxidation sites excluding steroid dienone is 9. The molecule has 4 nitrogen and oxygen atoms in total. The average Bonchev–Trinajstić information content (AvgIpc) is 3.18. The van der Waals surface area contributed by atoms with Crippen LogP contribution >= 0.6 is 0 Å². The minimum atomic E-state index is -0.837. The van der Waals surface area contributed by atoms with Crippen molar-refractivity contribution in [2.24, 2.45) is 0 Å². The van der Waals surface area contributed by atoms with E-state index in [1.165, 1.54) is 161 Å². The van der Waals surface area contributed by atoms with Gasteiger partial charge in [-0.3, -0.25) is 4.79 Å². The largest absolute Gasteiger partial charge is 0.394 e. The number of amides is 1. The molecular formula is C50H91NO3. The minimum Gasteiger partial charge on any atom is -0.394 e. The maximum Gasteiger partial charge on any atom is 0.220 e. The second kappa shape index (κ2) is 45.5. The van der Waals surface area contributed by atoms with Gasteiger partial charge in [0.25, 0.3) is 0 Å². The highest BCUT2D eigenvalue weighted by Crippen LogP contribution is 2.16. The number of carbonyl (C=O) groups is 1. The first kappa shape index (κ1) is 52.1. The Hall–Kier alpha value is -1.91. The van der Waals surface area contributed by atoms with Gasteiger partial charge in [-0.15, -0.1) is 0 Å². The monoisotopic (exact) mass is 754 g/mol. The number of nitrogens with one attached hydrogen (secondary N) is 1. The molecule has 314 valence electrons. The molecule has 0 aromatic rings. The quantitative estimate of drug-likeness (QED) is 0.0429. The Bertz CT molecular complexity index is 904. The Morgan fingerprint density at radius 2 is 0.815 bits per heavy atom. The molecule has 0 aliphatic heterocycles. The molecule has 1 amide bonds. The normalized spacial score (nSPS) is 13.5. The van der Waals surface area contributed by atoms with Crippen LogP contribution in [0.3, 0.4) is 0 Å². The smallest absolute Gasteiger partial charge is 0.220 e. The fourth-order valence-corrected chi connectivity index (χ4v) is 6.93. The van der Waals surface area contributed by atoms with Crippen LogP contribution in [-0.4, -0.2) is 34.9 Å². The summed E-state index contributed by atoms with van der Waals surface area (Å²) in [6, 6.07) is -0.620. The lowest BCUT2D eigenvalue weighted by Gasteiger charge is -2.20. The van der Waals surface area contributed by atoms with Crippen LogP contribution in [0.2, 0.25) is 0 Å². The molecule has 4 heteroatoms. The van der Waals surface area contributed by atoms with Gasteiger partial charge in [0.2, 0.25) is 5.91 Å². The molecule has 3 N–H and O–H groups in total. The van der Waals surface area contributed by atoms with Crippen LogP contribution in [0.25, 0.3) is 0 Å². The second-order valence-electron chi connectivity index (χ2n) is 15.8. The molecule has 54 heavy (non-hydrogen) atoms. The van der Waals surface area contributed by atoms with E-state index < -0.39 is 12.1 Å². The molecule has 0 aromatic heterocycles. The summed E-state index contributed by atoms with van der Waals surface area (Å²) in [5, 5.41) is 23.0. The lowest BCUT2D eigenvalue weighted by molar-refractivity contribution is -0.123. The summed E-state index contributed by atoms with van der Waals surface area (Å²) in [6.45, 7) is 4.18. The highest BCUT2D eigenvalue weighted by atomic mass is 16.3. The van der Waals surface area contributed by atoms with Crippen LogP contribution in [0.1, 0.15) is 232 Å². The summed E-state index contributed by atoms with van der Waals surface area (Å²) in [6.07, 6.45) is 63.5. The molecule has 0 bridgehead atoms. The van der Waals surface area contributed by atoms with Gasteiger partial charge < -0.3 is 15.5 Å². The van der Waals surface area contributed by atoms with Crippen LogP contribution in [0.15, 0.2) is 60.8 Å². The van der Waals surface area contributed by atoms with Gasteiger partial charge >= 0.3 is 0 Å². The van der Waals surface area contributed by atoms with Gasteiger partial charge in [-0.25, -0.2) is 0 Å². The SMILES string of the molecule is CC/C=C\C/C=C\C/C=C\C/C=C\CCCCCCCCCCCCCCCCCCCCC(=O)NC(CO)C(O)/C=C/CCCCCCCCCCC. The lowest BCUT2D eigenvalue weighted by Crippen LogP contribution is -2.45. The van der Waals surface area contributed by atoms with Crippen molar-refractivity contribution in [2.75, 3.05) is 6.61 Å². The van der Waals surface area contributed by atoms with Crippen molar-refractivity contribution in [2.45, 2.75) is 244 Å². The maximum atomic E-state index is 12.4. The van der Waals surface area contributed by atoms with E-state index in [1.807, 2.05) is 6.08 Å². The predicted molar refractivity (Wildman–Crippen MR) is 239 cm³/mol. The Balaban J connectivity index is 3.46. The average molecular weight is 754 g/mol. The molecule has 0 rings (SSSR count). The third-order valence-electron chi connectivity index (χ3n) is 10.5. The van der Waals surface area contributed by atoms with E-state index in [1.54, 1.807) is 6.08 Å². The molecule has 0 aliphatic carbocycles. The summed E-state index contributed by atoms with van der Waals surface area (Å²) in [7, 11) is 0. The van der Waals surface area contributed by atoms with Crippen molar-refractivity contribution >= 4 is 5.91 Å². The molecule has 2 unspecified atom stereocenters. The Morgan fingerprint density at radius 1 is 0.463 bits per heavy atom. The Labute approximate surface area is 336 Å². The zero-order valence-electron chi connectivity index (χ0n) is 36.0. The van der Waals surface area contributed by atoms with Crippen molar-refractivity contribution in [1.29, 1.82) is 0 Å². The number of hydrogen-bond donors (Lipinski definition) is 3. The van der Waals surface area contributed by atoms with Gasteiger partial charge in [-0.2, -0.15) is 0 Å². The second-order valence-corrected chi connectivity index (χ2v) is 15.8. The fourth-order valence-electron chi connectivity index (χ4n) is 6.93. The van der Waals surface area contributed by atoms with Crippen LogP contribution < -0.4 is 5.32 Å². The third-order valence-corrected chi connectivity index (χ3v) is 10.5. The van der Waals surface area contributed by atoms with Gasteiger partial charge in [0.15, 0.2) is 0 Å². The summed E-state index contributed by atoms with van der Waals surface area (Å²) in [5.41, 5.74) is 0. The number of carbonyl (C=O) groups excluding carboxylic acids is 1. The van der Waals surface area contributed by atoms with Gasteiger partial charge in [0, 0.05) is 6.42 Å². The molecule has 2 atom stereocenters. The van der Waals surface area contributed by atoms with Crippen LogP contribution in [0, 0.1) is 0 Å². The number of rotatable bonds is 42. The number of hydrogen-bond acceptors (Lipinski definition) is 3. The van der Waals surface area contributed by atoms with Crippen LogP contribution in [0.4, 0.5) is 0 Å². The minimum absolute atomic E-state index is 0.0652. The van der Waals surface area contributed by atoms with E-state index in [9.17, 15) is 15.0 Å². The Kier molecular flexibility index (Phi) is 43.9. The summed E-state index contributed by atoms with van der Waals surface area (Å²) < 4.78 is 0. The van der Waals surface area contributed by atoms with Gasteiger partial charge in [0.1, 0.15) is 0 Å². The van der Waals surface area contributed by atoms with Gasteiger partial charge in [0.05, 0.1) is 18.8 Å². The molecule has 0 saturated carbocycles. The standard InChI is InChI=1S/C50H91NO3/c1-3-5-7-9-11-13-15-16-17-18-19-20-21-22-23-24-25-26-27-28-29-30-31-32-33-34-36-38-40-42-44-46-50(54)51-48(47-52)49(53)45-43-41-39-37-35-14-12-10-8-6-4-2/h5,7,11,13,16-17,19-20,43,45,48-49,52-53H,3-4,6,8-10,12,14-15,18,21-42,44,46-47H2,1-2H3,(H,51,54)/b7-5-,13-11-,17-16-,20-19-,45-43+.